The molecule has 3 nitrogen and oxygen atoms in total. The summed E-state index contributed by atoms with van der Waals surface area (Å²) in [5.41, 5.74) is 0. The van der Waals surface area contributed by atoms with Crippen LogP contribution in [0.3, 0.4) is 0 Å². The molecule has 5 heteroatoms. The van der Waals surface area contributed by atoms with Crippen molar-refractivity contribution in [2.24, 2.45) is 0 Å². The molecule has 0 N–H and O–H groups in total. The molecule has 0 saturated heterocycles. The maximum Gasteiger partial charge on any atom is 0.550 e. The van der Waals surface area contributed by atoms with Gasteiger partial charge in [0.25, 0.3) is 0 Å². The van der Waals surface area contributed by atoms with Crippen LogP contribution in [0.4, 0.5) is 0 Å². The maximum absolute atomic E-state index is 6.04. The largest absolute Gasteiger partial charge is 0.550 e. The lowest BCUT2D eigenvalue weighted by atomic mass is 10.3. The van der Waals surface area contributed by atoms with E-state index in [0.717, 1.165) is 0 Å². The molecule has 0 aliphatic carbocycles. The second-order valence-corrected chi connectivity index (χ2v) is 8.28. The summed E-state index contributed by atoms with van der Waals surface area (Å²) in [6, 6.07) is 28.5. The third-order valence-electron chi connectivity index (χ3n) is 2.93. The van der Waals surface area contributed by atoms with Gasteiger partial charge in [-0.2, -0.15) is 0 Å². The van der Waals surface area contributed by atoms with Gasteiger partial charge in [0.15, 0.2) is 26.2 Å². The molecular weight excluding hydrogens is 326 g/mol. The van der Waals surface area contributed by atoms with E-state index in [-0.39, 0.29) is 0 Å². The monoisotopic (exact) mass is 343 g/mol. The summed E-state index contributed by atoms with van der Waals surface area (Å²) in [4.78, 5) is 0. The fourth-order valence-corrected chi connectivity index (χ4v) is 4.39. The molecule has 0 aromatic heterocycles. The Morgan fingerprint density at radius 2 is 0.739 bits per heavy atom. The van der Waals surface area contributed by atoms with Crippen LogP contribution >= 0.6 is 16.6 Å². The van der Waals surface area contributed by atoms with E-state index in [2.05, 4.69) is 8.93 Å². The van der Waals surface area contributed by atoms with Gasteiger partial charge < -0.3 is 0 Å². The molecule has 1 unspecified atom stereocenters. The SMILES string of the molecule is P[P+](Oc1ccccc1)(Oc1ccccc1)Oc1ccccc1. The first-order valence-corrected chi connectivity index (χ1v) is 10.3. The highest BCUT2D eigenvalue weighted by Gasteiger charge is 2.44. The van der Waals surface area contributed by atoms with Crippen molar-refractivity contribution < 1.29 is 13.6 Å². The summed E-state index contributed by atoms with van der Waals surface area (Å²) < 4.78 is 18.1. The average molecular weight is 343 g/mol. The Kier molecular flexibility index (Phi) is 5.12. The van der Waals surface area contributed by atoms with Crippen molar-refractivity contribution in [3.63, 3.8) is 0 Å². The Bertz CT molecular complexity index is 620. The molecule has 0 saturated carbocycles. The molecule has 3 aromatic carbocycles. The zero-order valence-corrected chi connectivity index (χ0v) is 14.5. The van der Waals surface area contributed by atoms with Gasteiger partial charge in [0.1, 0.15) is 0 Å². The van der Waals surface area contributed by atoms with E-state index in [4.69, 9.17) is 13.6 Å². The van der Waals surface area contributed by atoms with Crippen molar-refractivity contribution in [2.75, 3.05) is 0 Å². The first kappa shape index (κ1) is 15.8. The smallest absolute Gasteiger partial charge is 0.270 e. The Hall–Kier alpha value is -2.08. The van der Waals surface area contributed by atoms with E-state index >= 15 is 0 Å². The Labute approximate surface area is 138 Å². The minimum absolute atomic E-state index is 0.697. The van der Waals surface area contributed by atoms with E-state index < -0.39 is 7.63 Å². The highest BCUT2D eigenvalue weighted by molar-refractivity contribution is 8.17. The molecule has 0 bridgehead atoms. The normalized spacial score (nSPS) is 10.8. The summed E-state index contributed by atoms with van der Waals surface area (Å²) in [7, 11) is -0.111. The van der Waals surface area contributed by atoms with Crippen LogP contribution in [-0.2, 0) is 0 Å². The molecule has 0 aliphatic rings. The second-order valence-electron chi connectivity index (χ2n) is 4.75. The van der Waals surface area contributed by atoms with Gasteiger partial charge in [-0.3, -0.25) is 13.6 Å². The first-order chi connectivity index (χ1) is 11.2. The van der Waals surface area contributed by atoms with Crippen LogP contribution in [-0.4, -0.2) is 0 Å². The van der Waals surface area contributed by atoms with Crippen molar-refractivity contribution in [1.82, 2.24) is 0 Å². The maximum atomic E-state index is 6.04. The number of benzene rings is 3. The molecule has 3 rings (SSSR count). The minimum Gasteiger partial charge on any atom is -0.270 e. The average Bonchev–Trinajstić information content (AvgIpc) is 2.57. The number of hydrogen-bond donors (Lipinski definition) is 0. The van der Waals surface area contributed by atoms with Gasteiger partial charge in [-0.05, 0) is 36.4 Å². The highest BCUT2D eigenvalue weighted by atomic mass is 32.1. The molecule has 0 radical (unpaired) electrons. The molecule has 0 spiro atoms. The Balaban J connectivity index is 1.85. The van der Waals surface area contributed by atoms with Gasteiger partial charge in [-0.15, -0.1) is 0 Å². The molecule has 116 valence electrons. The first-order valence-electron chi connectivity index (χ1n) is 7.15. The van der Waals surface area contributed by atoms with Crippen LogP contribution in [0.15, 0.2) is 91.0 Å². The molecule has 0 aliphatic heterocycles. The second kappa shape index (κ2) is 7.46. The van der Waals surface area contributed by atoms with Crippen molar-refractivity contribution in [3.8, 4) is 17.2 Å². The van der Waals surface area contributed by atoms with Crippen molar-refractivity contribution in [3.05, 3.63) is 91.0 Å². The number of para-hydroxylation sites is 3. The molecule has 0 fully saturated rings. The van der Waals surface area contributed by atoms with Gasteiger partial charge in [0, 0.05) is 0 Å². The van der Waals surface area contributed by atoms with Gasteiger partial charge in [-0.1, -0.05) is 54.6 Å². The van der Waals surface area contributed by atoms with E-state index in [1.807, 2.05) is 91.0 Å². The lowest BCUT2D eigenvalue weighted by Gasteiger charge is -2.19. The molecule has 1 atom stereocenters. The zero-order valence-electron chi connectivity index (χ0n) is 12.4. The van der Waals surface area contributed by atoms with Gasteiger partial charge in [0.2, 0.25) is 0 Å². The van der Waals surface area contributed by atoms with Crippen LogP contribution in [0.1, 0.15) is 0 Å². The van der Waals surface area contributed by atoms with Crippen molar-refractivity contribution in [2.45, 2.75) is 0 Å². The summed E-state index contributed by atoms with van der Waals surface area (Å²) in [6.45, 7) is 0. The van der Waals surface area contributed by atoms with Crippen LogP contribution in [0, 0.1) is 0 Å². The highest BCUT2D eigenvalue weighted by Crippen LogP contribution is 2.67. The summed E-state index contributed by atoms with van der Waals surface area (Å²) >= 11 is 0. The van der Waals surface area contributed by atoms with Gasteiger partial charge >= 0.3 is 7.63 Å². The van der Waals surface area contributed by atoms with E-state index in [1.54, 1.807) is 0 Å². The van der Waals surface area contributed by atoms with Crippen molar-refractivity contribution >= 4 is 16.6 Å². The van der Waals surface area contributed by atoms with Gasteiger partial charge in [0.05, 0.1) is 0 Å². The topological polar surface area (TPSA) is 27.7 Å². The summed E-state index contributed by atoms with van der Waals surface area (Å²) in [5, 5.41) is 0. The Morgan fingerprint density at radius 1 is 0.478 bits per heavy atom. The fraction of sp³-hybridized carbons (Fsp3) is 0. The van der Waals surface area contributed by atoms with E-state index in [9.17, 15) is 0 Å². The molecule has 0 amide bonds. The predicted molar refractivity (Wildman–Crippen MR) is 97.8 cm³/mol. The summed E-state index contributed by atoms with van der Waals surface area (Å²) in [6.07, 6.45) is 0. The fourth-order valence-electron chi connectivity index (χ4n) is 1.94. The standard InChI is InChI=1S/C18H17O3P2/c22-23(19-16-10-4-1-5-11-16,20-17-12-6-2-7-13-17)21-18-14-8-3-9-15-18/h1-15H,22H2/q+1. The van der Waals surface area contributed by atoms with Crippen molar-refractivity contribution in [1.29, 1.82) is 0 Å². The third kappa shape index (κ3) is 4.69. The lowest BCUT2D eigenvalue weighted by Crippen LogP contribution is -2.09. The minimum atomic E-state index is -2.72. The van der Waals surface area contributed by atoms with Crippen LogP contribution < -0.4 is 13.6 Å². The molecule has 0 heterocycles. The van der Waals surface area contributed by atoms with Crippen LogP contribution in [0.25, 0.3) is 0 Å². The van der Waals surface area contributed by atoms with Crippen LogP contribution in [0.2, 0.25) is 0 Å². The Morgan fingerprint density at radius 3 is 1.00 bits per heavy atom. The molecule has 23 heavy (non-hydrogen) atoms. The zero-order chi connectivity index (χ0) is 16.0. The lowest BCUT2D eigenvalue weighted by molar-refractivity contribution is 0.379. The predicted octanol–water partition coefficient (Wildman–Crippen LogP) is 5.78. The van der Waals surface area contributed by atoms with E-state index in [0.29, 0.717) is 17.2 Å². The quantitative estimate of drug-likeness (QED) is 0.531. The van der Waals surface area contributed by atoms with E-state index in [1.165, 1.54) is 0 Å². The number of hydrogen-bond acceptors (Lipinski definition) is 3. The number of rotatable bonds is 6. The third-order valence-corrected chi connectivity index (χ3v) is 5.27. The molecular formula is C18H17O3P2+. The summed E-state index contributed by atoms with van der Waals surface area (Å²) in [5.74, 6) is 2.09. The molecule has 3 aromatic rings. The van der Waals surface area contributed by atoms with Crippen LogP contribution in [0.5, 0.6) is 17.2 Å². The van der Waals surface area contributed by atoms with Gasteiger partial charge in [-0.25, -0.2) is 0 Å².